The molecule has 4 aromatic rings. The van der Waals surface area contributed by atoms with Gasteiger partial charge in [0, 0.05) is 31.8 Å². The Morgan fingerprint density at radius 2 is 1.60 bits per heavy atom. The molecule has 4 aromatic carbocycles. The van der Waals surface area contributed by atoms with Crippen molar-refractivity contribution in [3.63, 3.8) is 0 Å². The third kappa shape index (κ3) is 7.11. The van der Waals surface area contributed by atoms with Crippen molar-refractivity contribution < 1.29 is 18.0 Å². The van der Waals surface area contributed by atoms with Crippen molar-refractivity contribution in [2.24, 2.45) is 0 Å². The topological polar surface area (TPSA) is 119 Å². The van der Waals surface area contributed by atoms with Crippen molar-refractivity contribution in [1.29, 1.82) is 5.26 Å². The van der Waals surface area contributed by atoms with Gasteiger partial charge >= 0.3 is 0 Å². The fourth-order valence-electron chi connectivity index (χ4n) is 4.67. The van der Waals surface area contributed by atoms with E-state index in [1.807, 2.05) is 24.3 Å². The number of carbonyl (C=O) groups is 2. The average Bonchev–Trinajstić information content (AvgIpc) is 3.00. The SMILES string of the molecule is CCN(C)C(=O)C(Cc1ccc(C#N)cc1)(NC(=O)CCc1ccc(Cl)c(Cl)c1)S(=O)(=O)Nc1cccc2ccccc12. The minimum Gasteiger partial charge on any atom is -0.343 e. The molecule has 0 saturated heterocycles. The Kier molecular flexibility index (Phi) is 9.97. The van der Waals surface area contributed by atoms with Gasteiger partial charge in [0.1, 0.15) is 0 Å². The first-order valence-corrected chi connectivity index (χ1v) is 15.7. The fourth-order valence-corrected chi connectivity index (χ4v) is 6.63. The van der Waals surface area contributed by atoms with E-state index in [4.69, 9.17) is 23.2 Å². The molecule has 0 heterocycles. The number of halogens is 2. The van der Waals surface area contributed by atoms with Crippen molar-refractivity contribution in [3.8, 4) is 6.07 Å². The van der Waals surface area contributed by atoms with Gasteiger partial charge in [0.15, 0.2) is 0 Å². The van der Waals surface area contributed by atoms with Gasteiger partial charge in [0.05, 0.1) is 27.4 Å². The molecule has 4 rings (SSSR count). The zero-order chi connectivity index (χ0) is 31.2. The number of nitrogens with zero attached hydrogens (tertiary/aromatic N) is 2. The maximum absolute atomic E-state index is 14.5. The highest BCUT2D eigenvalue weighted by Gasteiger charge is 2.53. The van der Waals surface area contributed by atoms with Crippen LogP contribution < -0.4 is 10.0 Å². The molecule has 0 radical (unpaired) electrons. The van der Waals surface area contributed by atoms with Gasteiger partial charge in [-0.15, -0.1) is 0 Å². The van der Waals surface area contributed by atoms with E-state index < -0.39 is 26.7 Å². The Morgan fingerprint density at radius 3 is 2.28 bits per heavy atom. The summed E-state index contributed by atoms with van der Waals surface area (Å²) in [4.78, 5) is 26.5. The first kappa shape index (κ1) is 31.8. The van der Waals surface area contributed by atoms with Gasteiger partial charge in [0.2, 0.25) is 10.8 Å². The molecule has 1 atom stereocenters. The lowest BCUT2D eigenvalue weighted by Crippen LogP contribution is -2.66. The van der Waals surface area contributed by atoms with Gasteiger partial charge in [-0.2, -0.15) is 5.26 Å². The van der Waals surface area contributed by atoms with Crippen LogP contribution in [-0.2, 0) is 32.5 Å². The highest BCUT2D eigenvalue weighted by atomic mass is 35.5. The van der Waals surface area contributed by atoms with E-state index in [-0.39, 0.29) is 31.5 Å². The molecule has 8 nitrogen and oxygen atoms in total. The fraction of sp³-hybridized carbons (Fsp3) is 0.219. The highest BCUT2D eigenvalue weighted by Crippen LogP contribution is 2.30. The lowest BCUT2D eigenvalue weighted by molar-refractivity contribution is -0.137. The second kappa shape index (κ2) is 13.5. The maximum Gasteiger partial charge on any atom is 0.266 e. The molecule has 0 aromatic heterocycles. The van der Waals surface area contributed by atoms with Crippen LogP contribution in [0.4, 0.5) is 5.69 Å². The van der Waals surface area contributed by atoms with Crippen molar-refractivity contribution >= 4 is 61.5 Å². The number of hydrogen-bond acceptors (Lipinski definition) is 5. The Balaban J connectivity index is 1.79. The lowest BCUT2D eigenvalue weighted by atomic mass is 10.0. The van der Waals surface area contributed by atoms with Crippen molar-refractivity contribution in [2.45, 2.75) is 31.1 Å². The van der Waals surface area contributed by atoms with Crippen LogP contribution in [0.2, 0.25) is 10.0 Å². The van der Waals surface area contributed by atoms with E-state index in [0.29, 0.717) is 26.6 Å². The summed E-state index contributed by atoms with van der Waals surface area (Å²) in [6.07, 6.45) is -0.287. The molecule has 0 bridgehead atoms. The predicted octanol–water partition coefficient (Wildman–Crippen LogP) is 5.93. The molecule has 0 spiro atoms. The summed E-state index contributed by atoms with van der Waals surface area (Å²) in [7, 11) is -3.19. The normalized spacial score (nSPS) is 12.6. The molecule has 1 unspecified atom stereocenters. The highest BCUT2D eigenvalue weighted by molar-refractivity contribution is 7.94. The van der Waals surface area contributed by atoms with E-state index in [0.717, 1.165) is 10.9 Å². The smallest absolute Gasteiger partial charge is 0.266 e. The minimum atomic E-state index is -4.66. The first-order chi connectivity index (χ1) is 20.5. The number of hydrogen-bond donors (Lipinski definition) is 2. The van der Waals surface area contributed by atoms with Crippen LogP contribution in [0.3, 0.4) is 0 Å². The molecule has 0 saturated carbocycles. The molecule has 0 fully saturated rings. The molecule has 0 aliphatic carbocycles. The number of sulfonamides is 1. The maximum atomic E-state index is 14.5. The Morgan fingerprint density at radius 1 is 0.930 bits per heavy atom. The molecule has 0 aliphatic rings. The molecular formula is C32H30Cl2N4O4S. The Labute approximate surface area is 261 Å². The van der Waals surface area contributed by atoms with Crippen LogP contribution in [-0.4, -0.2) is 43.6 Å². The van der Waals surface area contributed by atoms with E-state index in [1.165, 1.54) is 24.1 Å². The van der Waals surface area contributed by atoms with Crippen LogP contribution in [0.15, 0.2) is 84.9 Å². The number of aryl methyl sites for hydroxylation is 1. The molecule has 0 aliphatic heterocycles. The summed E-state index contributed by atoms with van der Waals surface area (Å²) >= 11 is 12.1. The molecule has 11 heteroatoms. The van der Waals surface area contributed by atoms with E-state index in [9.17, 15) is 23.3 Å². The number of benzene rings is 4. The van der Waals surface area contributed by atoms with Gasteiger partial charge < -0.3 is 10.2 Å². The predicted molar refractivity (Wildman–Crippen MR) is 170 cm³/mol. The Bertz CT molecular complexity index is 1800. The van der Waals surface area contributed by atoms with E-state index >= 15 is 0 Å². The number of fused-ring (bicyclic) bond motifs is 1. The summed E-state index contributed by atoms with van der Waals surface area (Å²) in [5, 5.41) is 14.0. The van der Waals surface area contributed by atoms with Crippen LogP contribution >= 0.6 is 23.2 Å². The molecular weight excluding hydrogens is 607 g/mol. The number of nitrogens with one attached hydrogen (secondary N) is 2. The van der Waals surface area contributed by atoms with Gasteiger partial charge in [-0.3, -0.25) is 14.3 Å². The number of anilines is 1. The monoisotopic (exact) mass is 636 g/mol. The number of amides is 2. The molecule has 2 N–H and O–H groups in total. The van der Waals surface area contributed by atoms with Crippen molar-refractivity contribution in [3.05, 3.63) is 112 Å². The van der Waals surface area contributed by atoms with Gasteiger partial charge in [-0.25, -0.2) is 8.42 Å². The number of rotatable bonds is 11. The number of nitriles is 1. The number of carbonyl (C=O) groups excluding carboxylic acids is 2. The summed E-state index contributed by atoms with van der Waals surface area (Å²) in [5.74, 6) is -1.46. The quantitative estimate of drug-likeness (QED) is 0.212. The zero-order valence-electron chi connectivity index (χ0n) is 23.6. The second-order valence-electron chi connectivity index (χ2n) is 10.1. The van der Waals surface area contributed by atoms with E-state index in [2.05, 4.69) is 10.0 Å². The summed E-state index contributed by atoms with van der Waals surface area (Å²) in [6, 6.07) is 25.6. The van der Waals surface area contributed by atoms with Crippen molar-refractivity contribution in [2.75, 3.05) is 18.3 Å². The second-order valence-corrected chi connectivity index (χ2v) is 12.8. The Hall–Kier alpha value is -4.10. The van der Waals surface area contributed by atoms with Gasteiger partial charge in [0.25, 0.3) is 15.9 Å². The minimum absolute atomic E-state index is 0.125. The molecule has 2 amide bonds. The third-order valence-corrected chi connectivity index (χ3v) is 9.73. The van der Waals surface area contributed by atoms with Crippen LogP contribution in [0, 0.1) is 11.3 Å². The standard InChI is InChI=1S/C32H30Cl2N4O4S/c1-3-38(2)31(40)32(20-23-11-13-24(21-35)14-12-23,36-30(39)18-16-22-15-17-27(33)28(34)19-22)43(41,42)37-29-10-6-8-25-7-4-5-9-26(25)29/h4-15,17,19,37H,3,16,18,20H2,1-2H3,(H,36,39). The van der Waals surface area contributed by atoms with Crippen molar-refractivity contribution in [1.82, 2.24) is 10.2 Å². The van der Waals surface area contributed by atoms with Gasteiger partial charge in [-0.05, 0) is 60.2 Å². The van der Waals surface area contributed by atoms with Crippen LogP contribution in [0.5, 0.6) is 0 Å². The first-order valence-electron chi connectivity index (χ1n) is 13.5. The summed E-state index contributed by atoms with van der Waals surface area (Å²) in [6.45, 7) is 1.90. The summed E-state index contributed by atoms with van der Waals surface area (Å²) < 4.78 is 31.6. The largest absolute Gasteiger partial charge is 0.343 e. The van der Waals surface area contributed by atoms with E-state index in [1.54, 1.807) is 61.5 Å². The molecule has 222 valence electrons. The number of likely N-dealkylation sites (N-methyl/N-ethyl adjacent to an activating group) is 1. The average molecular weight is 638 g/mol. The van der Waals surface area contributed by atoms with Crippen LogP contribution in [0.25, 0.3) is 10.8 Å². The lowest BCUT2D eigenvalue weighted by Gasteiger charge is -2.36. The summed E-state index contributed by atoms with van der Waals surface area (Å²) in [5.41, 5.74) is 1.79. The van der Waals surface area contributed by atoms with Crippen LogP contribution in [0.1, 0.15) is 30.0 Å². The molecule has 43 heavy (non-hydrogen) atoms. The van der Waals surface area contributed by atoms with Gasteiger partial charge in [-0.1, -0.05) is 77.8 Å². The zero-order valence-corrected chi connectivity index (χ0v) is 25.9. The third-order valence-electron chi connectivity index (χ3n) is 7.16.